The van der Waals surface area contributed by atoms with E-state index < -0.39 is 0 Å². The molecule has 0 bridgehead atoms. The number of nitrogens with zero attached hydrogens (tertiary/aromatic N) is 2. The first-order chi connectivity index (χ1) is 11.1. The van der Waals surface area contributed by atoms with E-state index in [1.165, 1.54) is 11.8 Å². The third kappa shape index (κ3) is 3.28. The number of hydrogen-bond acceptors (Lipinski definition) is 4. The van der Waals surface area contributed by atoms with Crippen LogP contribution in [0.15, 0.2) is 30.5 Å². The van der Waals surface area contributed by atoms with Gasteiger partial charge >= 0.3 is 0 Å². The molecule has 0 spiro atoms. The molecule has 0 saturated carbocycles. The lowest BCUT2D eigenvalue weighted by molar-refractivity contribution is -0.115. The van der Waals surface area contributed by atoms with Crippen LogP contribution in [0.4, 0.5) is 5.95 Å². The first-order valence-electron chi connectivity index (χ1n) is 7.82. The first kappa shape index (κ1) is 15.3. The van der Waals surface area contributed by atoms with Crippen LogP contribution in [0.5, 0.6) is 0 Å². The lowest BCUT2D eigenvalue weighted by Crippen LogP contribution is -2.22. The van der Waals surface area contributed by atoms with Crippen LogP contribution in [0.2, 0.25) is 0 Å². The SMILES string of the molecule is CCC(=O)Nc1ncc2c(n1)C[C@@H](c1ccc(C)cc1)CC2=O. The van der Waals surface area contributed by atoms with Crippen molar-refractivity contribution in [3.63, 3.8) is 0 Å². The summed E-state index contributed by atoms with van der Waals surface area (Å²) in [6.45, 7) is 3.81. The molecule has 0 aliphatic heterocycles. The molecule has 5 heteroatoms. The lowest BCUT2D eigenvalue weighted by Gasteiger charge is -2.23. The van der Waals surface area contributed by atoms with Crippen molar-refractivity contribution in [2.24, 2.45) is 0 Å². The summed E-state index contributed by atoms with van der Waals surface area (Å²) in [6, 6.07) is 8.25. The number of rotatable bonds is 3. The zero-order valence-corrected chi connectivity index (χ0v) is 13.3. The summed E-state index contributed by atoms with van der Waals surface area (Å²) in [6.07, 6.45) is 3.05. The molecule has 2 aromatic rings. The largest absolute Gasteiger partial charge is 0.295 e. The first-order valence-corrected chi connectivity index (χ1v) is 7.82. The fraction of sp³-hybridized carbons (Fsp3) is 0.333. The molecule has 1 atom stereocenters. The van der Waals surface area contributed by atoms with E-state index in [-0.39, 0.29) is 23.6 Å². The van der Waals surface area contributed by atoms with Crippen molar-refractivity contribution >= 4 is 17.6 Å². The number of nitrogens with one attached hydrogen (secondary N) is 1. The number of benzene rings is 1. The van der Waals surface area contributed by atoms with Crippen LogP contribution >= 0.6 is 0 Å². The van der Waals surface area contributed by atoms with Crippen LogP contribution in [0.25, 0.3) is 0 Å². The quantitative estimate of drug-likeness (QED) is 0.946. The second-order valence-corrected chi connectivity index (χ2v) is 5.89. The molecule has 1 N–H and O–H groups in total. The van der Waals surface area contributed by atoms with Crippen LogP contribution in [0.1, 0.15) is 52.9 Å². The van der Waals surface area contributed by atoms with Crippen molar-refractivity contribution in [3.05, 3.63) is 52.8 Å². The fourth-order valence-electron chi connectivity index (χ4n) is 2.79. The van der Waals surface area contributed by atoms with Crippen molar-refractivity contribution < 1.29 is 9.59 Å². The van der Waals surface area contributed by atoms with E-state index in [0.29, 0.717) is 30.5 Å². The highest BCUT2D eigenvalue weighted by atomic mass is 16.1. The van der Waals surface area contributed by atoms with Gasteiger partial charge in [0, 0.05) is 19.0 Å². The van der Waals surface area contributed by atoms with Crippen molar-refractivity contribution in [3.8, 4) is 0 Å². The Hall–Kier alpha value is -2.56. The Morgan fingerprint density at radius 1 is 1.26 bits per heavy atom. The number of fused-ring (bicyclic) bond motifs is 1. The molecule has 5 nitrogen and oxygen atoms in total. The van der Waals surface area contributed by atoms with Crippen LogP contribution in [0, 0.1) is 6.92 Å². The Labute approximate surface area is 135 Å². The van der Waals surface area contributed by atoms with E-state index in [1.807, 2.05) is 6.92 Å². The Bertz CT molecular complexity index is 753. The Morgan fingerprint density at radius 2 is 2.00 bits per heavy atom. The van der Waals surface area contributed by atoms with Gasteiger partial charge < -0.3 is 0 Å². The van der Waals surface area contributed by atoms with Crippen molar-refractivity contribution in [2.45, 2.75) is 39.0 Å². The van der Waals surface area contributed by atoms with Gasteiger partial charge in [0.2, 0.25) is 11.9 Å². The standard InChI is InChI=1S/C18H19N3O2/c1-3-17(23)21-18-19-10-14-15(20-18)8-13(9-16(14)22)12-6-4-11(2)5-7-12/h4-7,10,13H,3,8-9H2,1-2H3,(H,19,20,21,23)/t13-/m1/s1. The van der Waals surface area contributed by atoms with Gasteiger partial charge in [-0.25, -0.2) is 9.97 Å². The van der Waals surface area contributed by atoms with Crippen molar-refractivity contribution in [2.75, 3.05) is 5.32 Å². The van der Waals surface area contributed by atoms with Gasteiger partial charge in [0.25, 0.3) is 0 Å². The van der Waals surface area contributed by atoms with E-state index >= 15 is 0 Å². The normalized spacial score (nSPS) is 16.8. The number of anilines is 1. The molecule has 0 fully saturated rings. The third-order valence-corrected chi connectivity index (χ3v) is 4.16. The monoisotopic (exact) mass is 309 g/mol. The Kier molecular flexibility index (Phi) is 4.19. The minimum atomic E-state index is -0.137. The number of hydrogen-bond donors (Lipinski definition) is 1. The van der Waals surface area contributed by atoms with Crippen LogP contribution < -0.4 is 5.32 Å². The number of carbonyl (C=O) groups excluding carboxylic acids is 2. The number of Topliss-reactive ketones (excluding diaryl/α,β-unsaturated/α-hetero) is 1. The highest BCUT2D eigenvalue weighted by molar-refractivity contribution is 5.98. The van der Waals surface area contributed by atoms with E-state index in [2.05, 4.69) is 39.6 Å². The van der Waals surface area contributed by atoms with Gasteiger partial charge in [0.1, 0.15) is 0 Å². The average molecular weight is 309 g/mol. The maximum Gasteiger partial charge on any atom is 0.229 e. The van der Waals surface area contributed by atoms with Gasteiger partial charge in [-0.2, -0.15) is 0 Å². The molecule has 1 aromatic carbocycles. The predicted molar refractivity (Wildman–Crippen MR) is 87.5 cm³/mol. The minimum absolute atomic E-state index is 0.0604. The zero-order chi connectivity index (χ0) is 16.4. The highest BCUT2D eigenvalue weighted by Gasteiger charge is 2.28. The summed E-state index contributed by atoms with van der Waals surface area (Å²) < 4.78 is 0. The topological polar surface area (TPSA) is 72.0 Å². The summed E-state index contributed by atoms with van der Waals surface area (Å²) in [5, 5.41) is 2.65. The van der Waals surface area contributed by atoms with Gasteiger partial charge in [-0.15, -0.1) is 0 Å². The highest BCUT2D eigenvalue weighted by Crippen LogP contribution is 2.32. The summed E-state index contributed by atoms with van der Waals surface area (Å²) in [5.41, 5.74) is 3.63. The molecule has 0 radical (unpaired) electrons. The van der Waals surface area contributed by atoms with Gasteiger partial charge in [0.05, 0.1) is 11.3 Å². The van der Waals surface area contributed by atoms with E-state index in [0.717, 1.165) is 5.56 Å². The number of ketones is 1. The summed E-state index contributed by atoms with van der Waals surface area (Å²) in [4.78, 5) is 32.3. The van der Waals surface area contributed by atoms with Gasteiger partial charge in [-0.1, -0.05) is 36.8 Å². The maximum atomic E-state index is 12.4. The molecule has 23 heavy (non-hydrogen) atoms. The molecule has 1 heterocycles. The number of aryl methyl sites for hydroxylation is 1. The maximum absolute atomic E-state index is 12.4. The second-order valence-electron chi connectivity index (χ2n) is 5.89. The molecular weight excluding hydrogens is 290 g/mol. The van der Waals surface area contributed by atoms with E-state index in [1.54, 1.807) is 6.92 Å². The number of aromatic nitrogens is 2. The van der Waals surface area contributed by atoms with Gasteiger partial charge in [0.15, 0.2) is 5.78 Å². The molecule has 1 aromatic heterocycles. The van der Waals surface area contributed by atoms with Gasteiger partial charge in [-0.05, 0) is 24.8 Å². The van der Waals surface area contributed by atoms with Crippen molar-refractivity contribution in [1.29, 1.82) is 0 Å². The minimum Gasteiger partial charge on any atom is -0.295 e. The third-order valence-electron chi connectivity index (χ3n) is 4.16. The molecule has 118 valence electrons. The van der Waals surface area contributed by atoms with E-state index in [4.69, 9.17) is 0 Å². The average Bonchev–Trinajstić information content (AvgIpc) is 2.55. The molecule has 3 rings (SSSR count). The van der Waals surface area contributed by atoms with E-state index in [9.17, 15) is 9.59 Å². The summed E-state index contributed by atoms with van der Waals surface area (Å²) in [5.74, 6) is 0.320. The predicted octanol–water partition coefficient (Wildman–Crippen LogP) is 3.05. The smallest absolute Gasteiger partial charge is 0.229 e. The van der Waals surface area contributed by atoms with Crippen molar-refractivity contribution in [1.82, 2.24) is 9.97 Å². The molecule has 0 unspecified atom stereocenters. The second kappa shape index (κ2) is 6.28. The molecule has 0 saturated heterocycles. The molecule has 1 amide bonds. The zero-order valence-electron chi connectivity index (χ0n) is 13.3. The van der Waals surface area contributed by atoms with Crippen LogP contribution in [-0.2, 0) is 11.2 Å². The number of carbonyl (C=O) groups is 2. The summed E-state index contributed by atoms with van der Waals surface area (Å²) in [7, 11) is 0. The Morgan fingerprint density at radius 3 is 2.70 bits per heavy atom. The molecule has 1 aliphatic rings. The summed E-state index contributed by atoms with van der Waals surface area (Å²) >= 11 is 0. The van der Waals surface area contributed by atoms with Crippen LogP contribution in [0.3, 0.4) is 0 Å². The molecule has 1 aliphatic carbocycles. The lowest BCUT2D eigenvalue weighted by atomic mass is 9.82. The Balaban J connectivity index is 1.88. The fourth-order valence-corrected chi connectivity index (χ4v) is 2.79. The van der Waals surface area contributed by atoms with Gasteiger partial charge in [-0.3, -0.25) is 14.9 Å². The van der Waals surface area contributed by atoms with Crippen LogP contribution in [-0.4, -0.2) is 21.7 Å². The number of amides is 1. The molecular formula is C18H19N3O2.